The van der Waals surface area contributed by atoms with Crippen molar-refractivity contribution in [2.75, 3.05) is 47.6 Å². The third kappa shape index (κ3) is 12.4. The molecular formula is C38H66N6O8S. The summed E-state index contributed by atoms with van der Waals surface area (Å²) in [4.78, 5) is 60.1. The van der Waals surface area contributed by atoms with Crippen LogP contribution in [0.3, 0.4) is 0 Å². The van der Waals surface area contributed by atoms with E-state index in [0.717, 1.165) is 0 Å². The molecule has 302 valence electrons. The summed E-state index contributed by atoms with van der Waals surface area (Å²) in [5, 5.41) is 3.01. The lowest BCUT2D eigenvalue weighted by Crippen LogP contribution is -2.59. The molecule has 0 bridgehead atoms. The summed E-state index contributed by atoms with van der Waals surface area (Å²) in [7, 11) is 4.32. The Morgan fingerprint density at radius 1 is 0.943 bits per heavy atom. The van der Waals surface area contributed by atoms with Gasteiger partial charge in [0.1, 0.15) is 6.04 Å². The molecule has 1 unspecified atom stereocenters. The number of anilines is 1. The van der Waals surface area contributed by atoms with Gasteiger partial charge in [0.15, 0.2) is 0 Å². The van der Waals surface area contributed by atoms with Crippen molar-refractivity contribution in [3.63, 3.8) is 0 Å². The van der Waals surface area contributed by atoms with Crippen LogP contribution in [0.2, 0.25) is 0 Å². The summed E-state index contributed by atoms with van der Waals surface area (Å²) in [6, 6.07) is 4.17. The van der Waals surface area contributed by atoms with Crippen LogP contribution in [0, 0.1) is 23.7 Å². The average molecular weight is 767 g/mol. The zero-order valence-electron chi connectivity index (χ0n) is 33.9. The van der Waals surface area contributed by atoms with Crippen molar-refractivity contribution >= 4 is 39.3 Å². The molecule has 1 aromatic carbocycles. The van der Waals surface area contributed by atoms with Gasteiger partial charge in [0.25, 0.3) is 0 Å². The number of nitrogens with two attached hydrogens (primary N) is 1. The van der Waals surface area contributed by atoms with Crippen LogP contribution in [0.15, 0.2) is 24.3 Å². The van der Waals surface area contributed by atoms with Crippen molar-refractivity contribution in [2.45, 2.75) is 116 Å². The highest BCUT2D eigenvalue weighted by Gasteiger charge is 2.43. The monoisotopic (exact) mass is 766 g/mol. The lowest BCUT2D eigenvalue weighted by atomic mass is 9.89. The molecule has 1 aliphatic rings. The van der Waals surface area contributed by atoms with E-state index in [9.17, 15) is 27.6 Å². The summed E-state index contributed by atoms with van der Waals surface area (Å²) >= 11 is 0. The second-order valence-corrected chi connectivity index (χ2v) is 17.2. The molecule has 4 N–H and O–H groups in total. The second kappa shape index (κ2) is 20.4. The number of rotatable bonds is 20. The number of nitrogens with one attached hydrogen (secondary N) is 2. The van der Waals surface area contributed by atoms with Gasteiger partial charge in [0.2, 0.25) is 33.7 Å². The number of sulfonamides is 1. The van der Waals surface area contributed by atoms with E-state index in [2.05, 4.69) is 10.0 Å². The molecule has 14 nitrogen and oxygen atoms in total. The largest absolute Gasteiger partial charge is 0.399 e. The van der Waals surface area contributed by atoms with Gasteiger partial charge in [-0.25, -0.2) is 8.42 Å². The molecule has 2 rings (SSSR count). The fourth-order valence-electron chi connectivity index (χ4n) is 7.53. The first kappa shape index (κ1) is 45.9. The van der Waals surface area contributed by atoms with E-state index in [1.807, 2.05) is 60.5 Å². The standard InChI is InChI=1S/C38H66N6O8S/c1-13-25(6)34(43(10)38(48)32(23(2)3)40-37(47)33(24(4)5)42(8)9)30(51-11)21-31(45)44-20-14-15-29(44)35(52-12)26(7)36(46)41-53(49,50)22-27-16-18-28(39)19-17-27/h16-19,23-26,29-30,32-35H,13-15,20-22,39H2,1-12H3,(H,40,47)(H,41,46)/t25?,26-,29+,30-,32+,33+,34+,35-/m1/s1. The number of nitrogen functional groups attached to an aromatic ring is 1. The first-order valence-electron chi connectivity index (χ1n) is 18.7. The van der Waals surface area contributed by atoms with Crippen LogP contribution in [0.5, 0.6) is 0 Å². The Morgan fingerprint density at radius 3 is 2.04 bits per heavy atom. The van der Waals surface area contributed by atoms with Gasteiger partial charge < -0.3 is 30.3 Å². The number of carbonyl (C=O) groups excluding carboxylic acids is 4. The minimum atomic E-state index is -4.02. The van der Waals surface area contributed by atoms with Crippen molar-refractivity contribution in [1.82, 2.24) is 24.7 Å². The molecule has 0 saturated carbocycles. The fourth-order valence-corrected chi connectivity index (χ4v) is 8.72. The first-order valence-corrected chi connectivity index (χ1v) is 20.3. The summed E-state index contributed by atoms with van der Waals surface area (Å²) in [6.45, 7) is 13.8. The van der Waals surface area contributed by atoms with Gasteiger partial charge in [-0.3, -0.25) is 28.8 Å². The zero-order chi connectivity index (χ0) is 40.4. The van der Waals surface area contributed by atoms with Crippen molar-refractivity contribution in [1.29, 1.82) is 0 Å². The maximum atomic E-state index is 14.2. The quantitative estimate of drug-likeness (QED) is 0.167. The predicted octanol–water partition coefficient (Wildman–Crippen LogP) is 2.86. The third-order valence-corrected chi connectivity index (χ3v) is 11.8. The smallest absolute Gasteiger partial charge is 0.245 e. The zero-order valence-corrected chi connectivity index (χ0v) is 34.7. The molecule has 4 amide bonds. The number of ether oxygens (including phenoxy) is 2. The van der Waals surface area contributed by atoms with E-state index in [1.54, 1.807) is 48.0 Å². The highest BCUT2D eigenvalue weighted by molar-refractivity contribution is 7.89. The number of benzene rings is 1. The van der Waals surface area contributed by atoms with Crippen LogP contribution in [0.4, 0.5) is 5.69 Å². The number of hydrogen-bond donors (Lipinski definition) is 3. The van der Waals surface area contributed by atoms with Gasteiger partial charge in [-0.1, -0.05) is 67.0 Å². The Morgan fingerprint density at radius 2 is 1.55 bits per heavy atom. The maximum Gasteiger partial charge on any atom is 0.245 e. The number of likely N-dealkylation sites (N-methyl/N-ethyl adjacent to an activating group) is 2. The summed E-state index contributed by atoms with van der Waals surface area (Å²) in [6.07, 6.45) is 0.437. The van der Waals surface area contributed by atoms with Gasteiger partial charge in [-0.2, -0.15) is 0 Å². The number of methoxy groups -OCH3 is 2. The first-order chi connectivity index (χ1) is 24.7. The Labute approximate surface area is 317 Å². The molecular weight excluding hydrogens is 701 g/mol. The molecule has 0 aromatic heterocycles. The number of nitrogens with zero attached hydrogens (tertiary/aromatic N) is 3. The van der Waals surface area contributed by atoms with Crippen LogP contribution in [0.25, 0.3) is 0 Å². The van der Waals surface area contributed by atoms with Crippen LogP contribution in [-0.2, 0) is 44.4 Å². The van der Waals surface area contributed by atoms with Crippen molar-refractivity contribution in [3.05, 3.63) is 29.8 Å². The molecule has 53 heavy (non-hydrogen) atoms. The average Bonchev–Trinajstić information content (AvgIpc) is 3.56. The minimum absolute atomic E-state index is 0.0280. The second-order valence-electron chi connectivity index (χ2n) is 15.4. The van der Waals surface area contributed by atoms with E-state index in [-0.39, 0.29) is 41.9 Å². The molecule has 1 fully saturated rings. The fraction of sp³-hybridized carbons (Fsp3) is 0.737. The van der Waals surface area contributed by atoms with E-state index >= 15 is 0 Å². The molecule has 1 aromatic rings. The van der Waals surface area contributed by atoms with Crippen molar-refractivity contribution in [3.8, 4) is 0 Å². The molecule has 0 radical (unpaired) electrons. The summed E-state index contributed by atoms with van der Waals surface area (Å²) in [5.41, 5.74) is 6.68. The normalized spacial score (nSPS) is 19.0. The van der Waals surface area contributed by atoms with Gasteiger partial charge in [0, 0.05) is 33.5 Å². The van der Waals surface area contributed by atoms with E-state index in [0.29, 0.717) is 37.1 Å². The lowest BCUT2D eigenvalue weighted by Gasteiger charge is -2.41. The van der Waals surface area contributed by atoms with Crippen LogP contribution < -0.4 is 15.8 Å². The summed E-state index contributed by atoms with van der Waals surface area (Å²) in [5.74, 6) is -2.97. The van der Waals surface area contributed by atoms with Crippen LogP contribution in [-0.4, -0.2) is 125 Å². The van der Waals surface area contributed by atoms with E-state index in [1.165, 1.54) is 14.2 Å². The van der Waals surface area contributed by atoms with Gasteiger partial charge in [0.05, 0.1) is 48.4 Å². The molecule has 0 aliphatic carbocycles. The minimum Gasteiger partial charge on any atom is -0.399 e. The Balaban J connectivity index is 2.26. The van der Waals surface area contributed by atoms with Gasteiger partial charge in [-0.05, 0) is 62.4 Å². The van der Waals surface area contributed by atoms with Gasteiger partial charge in [-0.15, -0.1) is 0 Å². The van der Waals surface area contributed by atoms with Crippen molar-refractivity contribution in [2.24, 2.45) is 23.7 Å². The summed E-state index contributed by atoms with van der Waals surface area (Å²) < 4.78 is 39.7. The van der Waals surface area contributed by atoms with Crippen LogP contribution >= 0.6 is 0 Å². The molecule has 8 atom stereocenters. The molecule has 0 spiro atoms. The predicted molar refractivity (Wildman–Crippen MR) is 207 cm³/mol. The maximum absolute atomic E-state index is 14.2. The number of amides is 4. The number of carbonyl (C=O) groups is 4. The molecule has 1 heterocycles. The highest BCUT2D eigenvalue weighted by Crippen LogP contribution is 2.30. The SMILES string of the molecule is CCC(C)[C@@H]([C@@H](CC(=O)N1CCC[C@H]1[C@H](OC)[C@@H](C)C(=O)NS(=O)(=O)Cc1ccc(N)cc1)OC)N(C)C(=O)[C@@H](NC(=O)[C@H](C(C)C)N(C)C)C(C)C. The number of likely N-dealkylation sites (tertiary alicyclic amines) is 1. The third-order valence-electron chi connectivity index (χ3n) is 10.5. The molecule has 15 heteroatoms. The lowest BCUT2D eigenvalue weighted by molar-refractivity contribution is -0.148. The van der Waals surface area contributed by atoms with E-state index in [4.69, 9.17) is 15.2 Å². The van der Waals surface area contributed by atoms with Gasteiger partial charge >= 0.3 is 0 Å². The molecule has 1 aliphatic heterocycles. The van der Waals surface area contributed by atoms with Crippen LogP contribution in [0.1, 0.15) is 79.7 Å². The highest BCUT2D eigenvalue weighted by atomic mass is 32.2. The Kier molecular flexibility index (Phi) is 17.7. The number of hydrogen-bond acceptors (Lipinski definition) is 10. The molecule has 1 saturated heterocycles. The van der Waals surface area contributed by atoms with E-state index < -0.39 is 64.0 Å². The topological polar surface area (TPSA) is 181 Å². The van der Waals surface area contributed by atoms with Crippen molar-refractivity contribution < 1.29 is 37.1 Å². The Bertz CT molecular complexity index is 1460. The Hall–Kier alpha value is -3.27.